The molecule has 0 spiro atoms. The molecule has 2 rings (SSSR count). The van der Waals surface area contributed by atoms with Gasteiger partial charge in [-0.15, -0.1) is 0 Å². The highest BCUT2D eigenvalue weighted by atomic mass is 16.6. The van der Waals surface area contributed by atoms with Crippen molar-refractivity contribution in [2.45, 2.75) is 19.3 Å². The van der Waals surface area contributed by atoms with Gasteiger partial charge in [0.15, 0.2) is 11.5 Å². The summed E-state index contributed by atoms with van der Waals surface area (Å²) in [4.78, 5) is 14.1. The third-order valence-corrected chi connectivity index (χ3v) is 2.87. The zero-order valence-corrected chi connectivity index (χ0v) is 10.2. The first-order valence-electron chi connectivity index (χ1n) is 5.88. The van der Waals surface area contributed by atoms with Crippen LogP contribution in [-0.4, -0.2) is 27.6 Å². The van der Waals surface area contributed by atoms with Crippen molar-refractivity contribution in [2.75, 3.05) is 6.61 Å². The third kappa shape index (κ3) is 3.30. The minimum atomic E-state index is -0.644. The lowest BCUT2D eigenvalue weighted by molar-refractivity contribution is -0.385. The second-order valence-corrected chi connectivity index (χ2v) is 4.34. The van der Waals surface area contributed by atoms with E-state index < -0.39 is 10.8 Å². The molecule has 102 valence electrons. The summed E-state index contributed by atoms with van der Waals surface area (Å²) in [5, 5.41) is 22.1. The van der Waals surface area contributed by atoms with Gasteiger partial charge in [-0.3, -0.25) is 10.1 Å². The maximum atomic E-state index is 10.8. The number of hydrogen-bond donors (Lipinski definition) is 2. The Balaban J connectivity index is 2.14. The Labute approximate surface area is 109 Å². The molecule has 1 aliphatic carbocycles. The molecule has 0 amide bonds. The summed E-state index contributed by atoms with van der Waals surface area (Å²) < 4.78 is 5.40. The summed E-state index contributed by atoms with van der Waals surface area (Å²) >= 11 is 0. The molecule has 0 bridgehead atoms. The van der Waals surface area contributed by atoms with Gasteiger partial charge in [-0.05, 0) is 12.3 Å². The van der Waals surface area contributed by atoms with E-state index >= 15 is 0 Å². The maximum absolute atomic E-state index is 10.8. The molecule has 1 saturated carbocycles. The fraction of sp³-hybridized carbons (Fsp3) is 0.455. The molecule has 0 aliphatic heterocycles. The molecule has 0 saturated heterocycles. The van der Waals surface area contributed by atoms with Crippen LogP contribution in [0.4, 0.5) is 5.69 Å². The Morgan fingerprint density at radius 1 is 1.63 bits per heavy atom. The van der Waals surface area contributed by atoms with Gasteiger partial charge >= 0.3 is 0 Å². The Hall–Kier alpha value is -2.38. The van der Waals surface area contributed by atoms with E-state index in [4.69, 9.17) is 15.7 Å². The number of amidine groups is 1. The van der Waals surface area contributed by atoms with Crippen LogP contribution in [0.1, 0.15) is 25.0 Å². The van der Waals surface area contributed by atoms with Crippen LogP contribution in [0.15, 0.2) is 17.3 Å². The molecule has 0 aromatic carbocycles. The first kappa shape index (κ1) is 13.1. The van der Waals surface area contributed by atoms with Crippen LogP contribution in [0.3, 0.4) is 0 Å². The first-order valence-corrected chi connectivity index (χ1v) is 5.88. The van der Waals surface area contributed by atoms with Crippen LogP contribution >= 0.6 is 0 Å². The van der Waals surface area contributed by atoms with Gasteiger partial charge < -0.3 is 15.7 Å². The highest BCUT2D eigenvalue weighted by Crippen LogP contribution is 2.32. The summed E-state index contributed by atoms with van der Waals surface area (Å²) in [5.74, 6) is 0.536. The number of nitrogens with two attached hydrogens (primary N) is 1. The smallest absolute Gasteiger partial charge is 0.299 e. The van der Waals surface area contributed by atoms with E-state index in [1.165, 1.54) is 25.0 Å². The minimum absolute atomic E-state index is 0.198. The summed E-state index contributed by atoms with van der Waals surface area (Å²) in [6.45, 7) is 0.505. The molecule has 8 heteroatoms. The largest absolute Gasteiger partial charge is 0.478 e. The van der Waals surface area contributed by atoms with E-state index in [-0.39, 0.29) is 17.3 Å². The predicted octanol–water partition coefficient (Wildman–Crippen LogP) is 1.26. The topological polar surface area (TPSA) is 124 Å². The SMILES string of the molecule is N/C(=N/O)c1nc(OCCC2CC2)ccc1[N+](=O)[O-]. The molecule has 1 aromatic heterocycles. The molecular formula is C11H14N4O4. The van der Waals surface area contributed by atoms with Crippen LogP contribution in [0.2, 0.25) is 0 Å². The number of rotatable bonds is 6. The van der Waals surface area contributed by atoms with Crippen molar-refractivity contribution in [2.24, 2.45) is 16.8 Å². The van der Waals surface area contributed by atoms with Gasteiger partial charge in [0, 0.05) is 12.1 Å². The van der Waals surface area contributed by atoms with Crippen molar-refractivity contribution in [3.8, 4) is 5.88 Å². The van der Waals surface area contributed by atoms with Crippen LogP contribution in [0, 0.1) is 16.0 Å². The monoisotopic (exact) mass is 266 g/mol. The molecule has 0 unspecified atom stereocenters. The molecular weight excluding hydrogens is 252 g/mol. The van der Waals surface area contributed by atoms with Gasteiger partial charge in [-0.25, -0.2) is 4.98 Å². The Kier molecular flexibility index (Phi) is 3.79. The number of ether oxygens (including phenoxy) is 1. The number of pyridine rings is 1. The van der Waals surface area contributed by atoms with E-state index in [0.717, 1.165) is 12.3 Å². The quantitative estimate of drug-likeness (QED) is 0.262. The van der Waals surface area contributed by atoms with Crippen molar-refractivity contribution in [3.05, 3.63) is 27.9 Å². The zero-order valence-electron chi connectivity index (χ0n) is 10.2. The average molecular weight is 266 g/mol. The molecule has 8 nitrogen and oxygen atoms in total. The Morgan fingerprint density at radius 2 is 2.37 bits per heavy atom. The fourth-order valence-electron chi connectivity index (χ4n) is 1.63. The van der Waals surface area contributed by atoms with Crippen LogP contribution in [0.25, 0.3) is 0 Å². The predicted molar refractivity (Wildman–Crippen MR) is 66.2 cm³/mol. The number of oxime groups is 1. The van der Waals surface area contributed by atoms with Crippen molar-refractivity contribution in [1.29, 1.82) is 0 Å². The lowest BCUT2D eigenvalue weighted by Crippen LogP contribution is -2.17. The van der Waals surface area contributed by atoms with Crippen molar-refractivity contribution >= 4 is 11.5 Å². The van der Waals surface area contributed by atoms with Crippen molar-refractivity contribution in [3.63, 3.8) is 0 Å². The summed E-state index contributed by atoms with van der Waals surface area (Å²) in [6, 6.07) is 2.63. The Morgan fingerprint density at radius 3 is 2.95 bits per heavy atom. The number of hydrogen-bond acceptors (Lipinski definition) is 6. The zero-order chi connectivity index (χ0) is 13.8. The van der Waals surface area contributed by atoms with Crippen LogP contribution < -0.4 is 10.5 Å². The number of nitro groups is 1. The van der Waals surface area contributed by atoms with Gasteiger partial charge in [-0.1, -0.05) is 18.0 Å². The van der Waals surface area contributed by atoms with Crippen LogP contribution in [-0.2, 0) is 0 Å². The molecule has 1 aliphatic rings. The standard InChI is InChI=1S/C11H14N4O4/c12-11(14-16)10-8(15(17)18)3-4-9(13-10)19-6-5-7-1-2-7/h3-4,7,16H,1-2,5-6H2,(H2,12,14). The van der Waals surface area contributed by atoms with E-state index in [0.29, 0.717) is 6.61 Å². The fourth-order valence-corrected chi connectivity index (χ4v) is 1.63. The second kappa shape index (κ2) is 5.51. The molecule has 3 N–H and O–H groups in total. The number of aromatic nitrogens is 1. The van der Waals surface area contributed by atoms with Gasteiger partial charge in [0.2, 0.25) is 5.88 Å². The van der Waals surface area contributed by atoms with Crippen molar-refractivity contribution in [1.82, 2.24) is 4.98 Å². The normalized spacial score (nSPS) is 15.3. The lowest BCUT2D eigenvalue weighted by atomic mass is 10.3. The number of nitrogens with zero attached hydrogens (tertiary/aromatic N) is 3. The van der Waals surface area contributed by atoms with Gasteiger partial charge in [0.05, 0.1) is 11.5 Å². The minimum Gasteiger partial charge on any atom is -0.478 e. The highest BCUT2D eigenvalue weighted by molar-refractivity contribution is 5.98. The summed E-state index contributed by atoms with van der Waals surface area (Å²) in [6.07, 6.45) is 3.40. The molecule has 1 heterocycles. The Bertz CT molecular complexity index is 513. The van der Waals surface area contributed by atoms with Gasteiger partial charge in [-0.2, -0.15) is 0 Å². The van der Waals surface area contributed by atoms with E-state index in [2.05, 4.69) is 10.1 Å². The van der Waals surface area contributed by atoms with E-state index in [9.17, 15) is 10.1 Å². The molecule has 19 heavy (non-hydrogen) atoms. The van der Waals surface area contributed by atoms with Crippen LogP contribution in [0.5, 0.6) is 5.88 Å². The van der Waals surface area contributed by atoms with E-state index in [1.54, 1.807) is 0 Å². The lowest BCUT2D eigenvalue weighted by Gasteiger charge is -2.06. The third-order valence-electron chi connectivity index (χ3n) is 2.87. The van der Waals surface area contributed by atoms with E-state index in [1.807, 2.05) is 0 Å². The summed E-state index contributed by atoms with van der Waals surface area (Å²) in [5.41, 5.74) is 4.84. The van der Waals surface area contributed by atoms with Gasteiger partial charge in [0.1, 0.15) is 0 Å². The first-order chi connectivity index (χ1) is 9.11. The second-order valence-electron chi connectivity index (χ2n) is 4.34. The average Bonchev–Trinajstić information content (AvgIpc) is 3.21. The maximum Gasteiger partial charge on any atom is 0.299 e. The molecule has 1 fully saturated rings. The molecule has 1 aromatic rings. The summed E-state index contributed by atoms with van der Waals surface area (Å²) in [7, 11) is 0. The highest BCUT2D eigenvalue weighted by Gasteiger charge is 2.22. The molecule has 0 radical (unpaired) electrons. The molecule has 0 atom stereocenters. The van der Waals surface area contributed by atoms with Crippen molar-refractivity contribution < 1.29 is 14.9 Å². The van der Waals surface area contributed by atoms with Gasteiger partial charge in [0.25, 0.3) is 5.69 Å².